The predicted molar refractivity (Wildman–Crippen MR) is 68.9 cm³/mol. The molecule has 0 bridgehead atoms. The van der Waals surface area contributed by atoms with Crippen LogP contribution in [0.4, 0.5) is 5.95 Å². The number of carbonyl (C=O) groups excluding carboxylic acids is 1. The van der Waals surface area contributed by atoms with Gasteiger partial charge in [-0.2, -0.15) is 0 Å². The van der Waals surface area contributed by atoms with Gasteiger partial charge in [-0.25, -0.2) is 9.97 Å². The number of aromatic nitrogens is 2. The van der Waals surface area contributed by atoms with Gasteiger partial charge in [-0.05, 0) is 35.4 Å². The Balaban J connectivity index is 2.09. The molecule has 1 aliphatic rings. The highest BCUT2D eigenvalue weighted by atomic mass is 127. The molecule has 6 heteroatoms. The van der Waals surface area contributed by atoms with Crippen LogP contribution >= 0.6 is 22.6 Å². The van der Waals surface area contributed by atoms with E-state index in [9.17, 15) is 4.79 Å². The summed E-state index contributed by atoms with van der Waals surface area (Å²) in [5.74, 6) is 0.387. The quantitative estimate of drug-likeness (QED) is 0.813. The third kappa shape index (κ3) is 2.60. The summed E-state index contributed by atoms with van der Waals surface area (Å²) in [5, 5.41) is 0. The van der Waals surface area contributed by atoms with Gasteiger partial charge < -0.3 is 10.6 Å². The van der Waals surface area contributed by atoms with E-state index in [2.05, 4.69) is 32.6 Å². The first-order valence-corrected chi connectivity index (χ1v) is 6.26. The van der Waals surface area contributed by atoms with E-state index >= 15 is 0 Å². The second kappa shape index (κ2) is 4.94. The van der Waals surface area contributed by atoms with Crippen molar-refractivity contribution in [1.82, 2.24) is 9.97 Å². The third-order valence-electron chi connectivity index (χ3n) is 2.71. The summed E-state index contributed by atoms with van der Waals surface area (Å²) >= 11 is 2.16. The molecule has 1 unspecified atom stereocenters. The van der Waals surface area contributed by atoms with Crippen LogP contribution in [0.5, 0.6) is 0 Å². The Kier molecular flexibility index (Phi) is 3.57. The van der Waals surface area contributed by atoms with Crippen molar-refractivity contribution in [2.24, 2.45) is 11.7 Å². The van der Waals surface area contributed by atoms with Crippen LogP contribution in [0.1, 0.15) is 12.8 Å². The van der Waals surface area contributed by atoms with Crippen molar-refractivity contribution in [3.63, 3.8) is 0 Å². The van der Waals surface area contributed by atoms with Crippen molar-refractivity contribution in [3.8, 4) is 0 Å². The number of hydrogen-bond donors (Lipinski definition) is 1. The number of rotatable bonds is 2. The lowest BCUT2D eigenvalue weighted by molar-refractivity contribution is -0.122. The highest BCUT2D eigenvalue weighted by Gasteiger charge is 2.25. The number of nitrogens with zero attached hydrogens (tertiary/aromatic N) is 3. The molecule has 0 aliphatic carbocycles. The molecular formula is C10H13IN4O. The van der Waals surface area contributed by atoms with Crippen molar-refractivity contribution in [2.45, 2.75) is 12.8 Å². The lowest BCUT2D eigenvalue weighted by Crippen LogP contribution is -2.41. The Labute approximate surface area is 108 Å². The highest BCUT2D eigenvalue weighted by molar-refractivity contribution is 14.1. The minimum Gasteiger partial charge on any atom is -0.369 e. The van der Waals surface area contributed by atoms with E-state index in [4.69, 9.17) is 5.73 Å². The van der Waals surface area contributed by atoms with Gasteiger partial charge in [0.15, 0.2) is 0 Å². The van der Waals surface area contributed by atoms with Crippen LogP contribution in [0.25, 0.3) is 0 Å². The summed E-state index contributed by atoms with van der Waals surface area (Å²) in [6.07, 6.45) is 5.38. The molecular weight excluding hydrogens is 319 g/mol. The van der Waals surface area contributed by atoms with Crippen LogP contribution < -0.4 is 10.6 Å². The lowest BCUT2D eigenvalue weighted by atomic mass is 9.98. The molecule has 86 valence electrons. The standard InChI is InChI=1S/C10H13IN4O/c11-8-4-13-10(14-5-8)15-3-1-2-7(6-15)9(12)16/h4-5,7H,1-3,6H2,(H2,12,16). The van der Waals surface area contributed by atoms with E-state index in [0.717, 1.165) is 23.0 Å². The maximum absolute atomic E-state index is 11.1. The fraction of sp³-hybridized carbons (Fsp3) is 0.500. The largest absolute Gasteiger partial charge is 0.369 e. The van der Waals surface area contributed by atoms with Gasteiger partial charge in [0, 0.05) is 29.1 Å². The van der Waals surface area contributed by atoms with Crippen molar-refractivity contribution < 1.29 is 4.79 Å². The van der Waals surface area contributed by atoms with Crippen molar-refractivity contribution in [3.05, 3.63) is 16.0 Å². The molecule has 5 nitrogen and oxygen atoms in total. The Morgan fingerprint density at radius 3 is 2.81 bits per heavy atom. The number of anilines is 1. The van der Waals surface area contributed by atoms with Crippen molar-refractivity contribution >= 4 is 34.4 Å². The molecule has 2 N–H and O–H groups in total. The van der Waals surface area contributed by atoms with Crippen LogP contribution in [0.3, 0.4) is 0 Å². The summed E-state index contributed by atoms with van der Waals surface area (Å²) in [6, 6.07) is 0. The summed E-state index contributed by atoms with van der Waals surface area (Å²) in [6.45, 7) is 1.53. The maximum Gasteiger partial charge on any atom is 0.225 e. The number of primary amides is 1. The summed E-state index contributed by atoms with van der Waals surface area (Å²) in [4.78, 5) is 21.7. The van der Waals surface area contributed by atoms with E-state index in [-0.39, 0.29) is 11.8 Å². The van der Waals surface area contributed by atoms with Gasteiger partial charge in [0.1, 0.15) is 0 Å². The molecule has 0 spiro atoms. The van der Waals surface area contributed by atoms with Crippen molar-refractivity contribution in [2.75, 3.05) is 18.0 Å². The topological polar surface area (TPSA) is 72.1 Å². The van der Waals surface area contributed by atoms with E-state index in [1.165, 1.54) is 0 Å². The first kappa shape index (κ1) is 11.6. The van der Waals surface area contributed by atoms with E-state index < -0.39 is 0 Å². The average molecular weight is 332 g/mol. The summed E-state index contributed by atoms with van der Waals surface area (Å²) < 4.78 is 1.00. The fourth-order valence-electron chi connectivity index (χ4n) is 1.86. The van der Waals surface area contributed by atoms with Gasteiger partial charge in [0.25, 0.3) is 0 Å². The van der Waals surface area contributed by atoms with Crippen LogP contribution in [0.15, 0.2) is 12.4 Å². The molecule has 1 aromatic heterocycles. The number of halogens is 1. The van der Waals surface area contributed by atoms with Crippen LogP contribution in [0.2, 0.25) is 0 Å². The Hall–Kier alpha value is -0.920. The average Bonchev–Trinajstić information content (AvgIpc) is 2.30. The van der Waals surface area contributed by atoms with Crippen LogP contribution in [-0.4, -0.2) is 29.0 Å². The highest BCUT2D eigenvalue weighted by Crippen LogP contribution is 2.19. The second-order valence-corrected chi connectivity index (χ2v) is 5.13. The second-order valence-electron chi connectivity index (χ2n) is 3.89. The Morgan fingerprint density at radius 2 is 2.19 bits per heavy atom. The monoisotopic (exact) mass is 332 g/mol. The number of carbonyl (C=O) groups is 1. The van der Waals surface area contributed by atoms with Crippen molar-refractivity contribution in [1.29, 1.82) is 0 Å². The molecule has 2 heterocycles. The number of piperidine rings is 1. The molecule has 1 atom stereocenters. The molecule has 0 radical (unpaired) electrons. The minimum absolute atomic E-state index is 0.0726. The molecule has 16 heavy (non-hydrogen) atoms. The van der Waals surface area contributed by atoms with Gasteiger partial charge in [-0.3, -0.25) is 4.79 Å². The first-order valence-electron chi connectivity index (χ1n) is 5.18. The zero-order valence-corrected chi connectivity index (χ0v) is 10.9. The Morgan fingerprint density at radius 1 is 1.50 bits per heavy atom. The third-order valence-corrected chi connectivity index (χ3v) is 3.27. The molecule has 1 saturated heterocycles. The molecule has 1 aliphatic heterocycles. The Bertz CT molecular complexity index is 381. The molecule has 1 fully saturated rings. The van der Waals surface area contributed by atoms with Crippen LogP contribution in [-0.2, 0) is 4.79 Å². The zero-order valence-electron chi connectivity index (χ0n) is 8.77. The number of nitrogens with two attached hydrogens (primary N) is 1. The van der Waals surface area contributed by atoms with Gasteiger partial charge in [-0.15, -0.1) is 0 Å². The van der Waals surface area contributed by atoms with Crippen LogP contribution in [0, 0.1) is 9.49 Å². The van der Waals surface area contributed by atoms with Gasteiger partial charge in [0.2, 0.25) is 11.9 Å². The maximum atomic E-state index is 11.1. The number of hydrogen-bond acceptors (Lipinski definition) is 4. The molecule has 0 aromatic carbocycles. The smallest absolute Gasteiger partial charge is 0.225 e. The van der Waals surface area contributed by atoms with Gasteiger partial charge in [-0.1, -0.05) is 0 Å². The molecule has 0 saturated carbocycles. The van der Waals surface area contributed by atoms with E-state index in [1.54, 1.807) is 12.4 Å². The van der Waals surface area contributed by atoms with E-state index in [1.807, 2.05) is 4.90 Å². The van der Waals surface area contributed by atoms with Gasteiger partial charge >= 0.3 is 0 Å². The lowest BCUT2D eigenvalue weighted by Gasteiger charge is -2.30. The predicted octanol–water partition coefficient (Wildman–Crippen LogP) is 0.783. The summed E-state index contributed by atoms with van der Waals surface area (Å²) in [5.41, 5.74) is 5.32. The molecule has 2 rings (SSSR count). The van der Waals surface area contributed by atoms with E-state index in [0.29, 0.717) is 12.5 Å². The summed E-state index contributed by atoms with van der Waals surface area (Å²) in [7, 11) is 0. The first-order chi connectivity index (χ1) is 7.66. The van der Waals surface area contributed by atoms with Gasteiger partial charge in [0.05, 0.1) is 5.92 Å². The molecule has 1 amide bonds. The SMILES string of the molecule is NC(=O)C1CCCN(c2ncc(I)cn2)C1. The normalized spacial score (nSPS) is 20.8. The number of amides is 1. The zero-order chi connectivity index (χ0) is 11.5. The minimum atomic E-state index is -0.227. The fourth-order valence-corrected chi connectivity index (χ4v) is 2.14. The molecule has 1 aromatic rings.